The summed E-state index contributed by atoms with van der Waals surface area (Å²) in [6.07, 6.45) is 1.27. The van der Waals surface area contributed by atoms with Crippen molar-refractivity contribution >= 4 is 40.5 Å². The van der Waals surface area contributed by atoms with Gasteiger partial charge in [0.2, 0.25) is 0 Å². The van der Waals surface area contributed by atoms with Crippen molar-refractivity contribution in [2.45, 2.75) is 25.2 Å². The van der Waals surface area contributed by atoms with E-state index in [-0.39, 0.29) is 17.8 Å². The largest absolute Gasteiger partial charge is 0.366 e. The van der Waals surface area contributed by atoms with E-state index in [0.717, 1.165) is 5.56 Å². The summed E-state index contributed by atoms with van der Waals surface area (Å²) >= 11 is 11.9. The number of carbonyl (C=O) groups excluding carboxylic acids is 1. The Bertz CT molecular complexity index is 1000. The second kappa shape index (κ2) is 9.00. The summed E-state index contributed by atoms with van der Waals surface area (Å²) < 4.78 is 11.4. The first kappa shape index (κ1) is 21.8. The molecule has 4 rings (SSSR count). The van der Waals surface area contributed by atoms with Gasteiger partial charge in [0, 0.05) is 44.1 Å². The Labute approximate surface area is 189 Å². The summed E-state index contributed by atoms with van der Waals surface area (Å²) in [6, 6.07) is 9.60. The second-order valence-corrected chi connectivity index (χ2v) is 8.30. The molecule has 1 N–H and O–H groups in total. The number of hydrogen-bond donors (Lipinski definition) is 1. The number of nitrogens with one attached hydrogen (secondary N) is 1. The smallest absolute Gasteiger partial charge is 0.293 e. The van der Waals surface area contributed by atoms with Crippen molar-refractivity contribution < 1.29 is 19.2 Å². The van der Waals surface area contributed by atoms with Gasteiger partial charge in [0.05, 0.1) is 28.2 Å². The molecule has 0 atom stereocenters. The predicted octanol–water partition coefficient (Wildman–Crippen LogP) is 4.17. The first-order valence-electron chi connectivity index (χ1n) is 9.90. The molecule has 0 saturated carbocycles. The fourth-order valence-electron chi connectivity index (χ4n) is 3.89. The zero-order chi connectivity index (χ0) is 22.0. The highest BCUT2D eigenvalue weighted by Crippen LogP contribution is 2.36. The number of nitro groups is 1. The number of nitro benzene ring substituents is 1. The fourth-order valence-corrected chi connectivity index (χ4v) is 4.21. The SMILES string of the molecule is O=C(NCc1ccc(Cl)c(Cl)c1)c1ccc(N2CCC3(CC2)OCCO3)c([N+](=O)[O-])c1. The number of halogens is 2. The molecular weight excluding hydrogens is 445 g/mol. The van der Waals surface area contributed by atoms with E-state index in [1.54, 1.807) is 30.3 Å². The van der Waals surface area contributed by atoms with E-state index in [1.807, 2.05) is 4.90 Å². The predicted molar refractivity (Wildman–Crippen MR) is 117 cm³/mol. The van der Waals surface area contributed by atoms with Gasteiger partial charge >= 0.3 is 0 Å². The molecule has 10 heteroatoms. The summed E-state index contributed by atoms with van der Waals surface area (Å²) in [5.74, 6) is -0.971. The van der Waals surface area contributed by atoms with Gasteiger partial charge < -0.3 is 19.7 Å². The maximum atomic E-state index is 12.6. The van der Waals surface area contributed by atoms with Crippen molar-refractivity contribution in [3.63, 3.8) is 0 Å². The number of piperidine rings is 1. The van der Waals surface area contributed by atoms with Gasteiger partial charge in [0.15, 0.2) is 5.79 Å². The highest BCUT2D eigenvalue weighted by Gasteiger charge is 2.40. The number of nitrogens with zero attached hydrogens (tertiary/aromatic N) is 2. The molecular formula is C21H21Cl2N3O5. The molecule has 2 saturated heterocycles. The number of carbonyl (C=O) groups is 1. The Balaban J connectivity index is 1.46. The molecule has 2 aliphatic heterocycles. The van der Waals surface area contributed by atoms with Gasteiger partial charge in [-0.1, -0.05) is 29.3 Å². The van der Waals surface area contributed by atoms with E-state index in [0.29, 0.717) is 54.9 Å². The first-order chi connectivity index (χ1) is 14.9. The van der Waals surface area contributed by atoms with Crippen LogP contribution < -0.4 is 10.2 Å². The third-order valence-corrected chi connectivity index (χ3v) is 6.29. The second-order valence-electron chi connectivity index (χ2n) is 7.49. The molecule has 2 heterocycles. The van der Waals surface area contributed by atoms with E-state index in [4.69, 9.17) is 32.7 Å². The Morgan fingerprint density at radius 1 is 1.10 bits per heavy atom. The Kier molecular flexibility index (Phi) is 6.34. The van der Waals surface area contributed by atoms with Crippen LogP contribution in [0.4, 0.5) is 11.4 Å². The van der Waals surface area contributed by atoms with E-state index in [9.17, 15) is 14.9 Å². The van der Waals surface area contributed by atoms with Crippen LogP contribution in [0.15, 0.2) is 36.4 Å². The average molecular weight is 466 g/mol. The lowest BCUT2D eigenvalue weighted by molar-refractivity contribution is -0.384. The molecule has 2 aromatic rings. The molecule has 2 fully saturated rings. The molecule has 164 valence electrons. The van der Waals surface area contributed by atoms with Crippen LogP contribution in [-0.2, 0) is 16.0 Å². The van der Waals surface area contributed by atoms with Gasteiger partial charge in [-0.15, -0.1) is 0 Å². The number of benzene rings is 2. The van der Waals surface area contributed by atoms with Gasteiger partial charge in [0.25, 0.3) is 11.6 Å². The average Bonchev–Trinajstić information content (AvgIpc) is 3.22. The van der Waals surface area contributed by atoms with Crippen LogP contribution >= 0.6 is 23.2 Å². The molecule has 0 bridgehead atoms. The van der Waals surface area contributed by atoms with E-state index in [2.05, 4.69) is 5.32 Å². The monoisotopic (exact) mass is 465 g/mol. The van der Waals surface area contributed by atoms with Crippen LogP contribution in [0, 0.1) is 10.1 Å². The molecule has 2 aromatic carbocycles. The Morgan fingerprint density at radius 2 is 1.81 bits per heavy atom. The van der Waals surface area contributed by atoms with Crippen molar-refractivity contribution in [2.24, 2.45) is 0 Å². The van der Waals surface area contributed by atoms with Gasteiger partial charge in [-0.2, -0.15) is 0 Å². The van der Waals surface area contributed by atoms with E-state index < -0.39 is 16.6 Å². The molecule has 8 nitrogen and oxygen atoms in total. The molecule has 1 amide bonds. The highest BCUT2D eigenvalue weighted by atomic mass is 35.5. The standard InChI is InChI=1S/C21H21Cl2N3O5/c22-16-3-1-14(11-17(16)23)13-24-20(27)15-2-4-18(19(12-15)26(28)29)25-7-5-21(6-8-25)30-9-10-31-21/h1-4,11-12H,5-10,13H2,(H,24,27). The lowest BCUT2D eigenvalue weighted by Gasteiger charge is -2.38. The summed E-state index contributed by atoms with van der Waals surface area (Å²) in [6.45, 7) is 2.52. The summed E-state index contributed by atoms with van der Waals surface area (Å²) in [7, 11) is 0. The van der Waals surface area contributed by atoms with Crippen molar-refractivity contribution in [3.05, 3.63) is 67.7 Å². The third-order valence-electron chi connectivity index (χ3n) is 5.55. The quantitative estimate of drug-likeness (QED) is 0.525. The molecule has 0 radical (unpaired) electrons. The number of hydrogen-bond acceptors (Lipinski definition) is 6. The number of ether oxygens (including phenoxy) is 2. The fraction of sp³-hybridized carbons (Fsp3) is 0.381. The topological polar surface area (TPSA) is 93.9 Å². The lowest BCUT2D eigenvalue weighted by atomic mass is 10.0. The molecule has 0 unspecified atom stereocenters. The Morgan fingerprint density at radius 3 is 2.45 bits per heavy atom. The molecule has 0 aromatic heterocycles. The molecule has 31 heavy (non-hydrogen) atoms. The highest BCUT2D eigenvalue weighted by molar-refractivity contribution is 6.42. The molecule has 1 spiro atoms. The minimum atomic E-state index is -0.560. The summed E-state index contributed by atoms with van der Waals surface area (Å²) in [5, 5.41) is 15.3. The van der Waals surface area contributed by atoms with Gasteiger partial charge in [-0.3, -0.25) is 14.9 Å². The maximum absolute atomic E-state index is 12.6. The third kappa shape index (κ3) is 4.77. The van der Waals surface area contributed by atoms with Crippen molar-refractivity contribution in [3.8, 4) is 0 Å². The van der Waals surface area contributed by atoms with Crippen LogP contribution in [0.3, 0.4) is 0 Å². The van der Waals surface area contributed by atoms with Crippen molar-refractivity contribution in [1.82, 2.24) is 5.32 Å². The van der Waals surface area contributed by atoms with Gasteiger partial charge in [-0.05, 0) is 29.8 Å². The van der Waals surface area contributed by atoms with Crippen molar-refractivity contribution in [2.75, 3.05) is 31.2 Å². The maximum Gasteiger partial charge on any atom is 0.293 e. The molecule has 2 aliphatic rings. The minimum absolute atomic E-state index is 0.105. The van der Waals surface area contributed by atoms with Crippen LogP contribution in [0.2, 0.25) is 10.0 Å². The number of anilines is 1. The zero-order valence-electron chi connectivity index (χ0n) is 16.6. The van der Waals surface area contributed by atoms with E-state index >= 15 is 0 Å². The summed E-state index contributed by atoms with van der Waals surface area (Å²) in [5.41, 5.74) is 1.36. The minimum Gasteiger partial charge on any atom is -0.366 e. The Hall–Kier alpha value is -2.39. The number of amides is 1. The van der Waals surface area contributed by atoms with Crippen molar-refractivity contribution in [1.29, 1.82) is 0 Å². The van der Waals surface area contributed by atoms with Gasteiger partial charge in [-0.25, -0.2) is 0 Å². The van der Waals surface area contributed by atoms with Crippen LogP contribution in [0.25, 0.3) is 0 Å². The van der Waals surface area contributed by atoms with Crippen LogP contribution in [0.1, 0.15) is 28.8 Å². The summed E-state index contributed by atoms with van der Waals surface area (Å²) in [4.78, 5) is 25.7. The zero-order valence-corrected chi connectivity index (χ0v) is 18.1. The number of rotatable bonds is 5. The molecule has 0 aliphatic carbocycles. The van der Waals surface area contributed by atoms with Gasteiger partial charge in [0.1, 0.15) is 5.69 Å². The normalized spacial score (nSPS) is 17.7. The van der Waals surface area contributed by atoms with Crippen LogP contribution in [0.5, 0.6) is 0 Å². The van der Waals surface area contributed by atoms with E-state index in [1.165, 1.54) is 6.07 Å². The van der Waals surface area contributed by atoms with Crippen LogP contribution in [-0.4, -0.2) is 42.9 Å². The first-order valence-corrected chi connectivity index (χ1v) is 10.7. The lowest BCUT2D eigenvalue weighted by Crippen LogP contribution is -2.45.